The van der Waals surface area contributed by atoms with Gasteiger partial charge in [-0.05, 0) is 36.8 Å². The highest BCUT2D eigenvalue weighted by atomic mass is 19.1. The number of methoxy groups -OCH3 is 1. The molecule has 1 amide bonds. The molecular weight excluding hydrogens is 365 g/mol. The van der Waals surface area contributed by atoms with E-state index in [0.29, 0.717) is 0 Å². The first-order chi connectivity index (χ1) is 13.4. The lowest BCUT2D eigenvalue weighted by atomic mass is 10.1. The number of carbonyl (C=O) groups is 3. The van der Waals surface area contributed by atoms with E-state index in [1.165, 1.54) is 32.2 Å². The van der Waals surface area contributed by atoms with Gasteiger partial charge >= 0.3 is 5.97 Å². The quantitative estimate of drug-likeness (QED) is 0.429. The monoisotopic (exact) mass is 385 g/mol. The molecule has 1 N–H and O–H groups in total. The fourth-order valence-electron chi connectivity index (χ4n) is 2.24. The van der Waals surface area contributed by atoms with Crippen LogP contribution in [0.4, 0.5) is 4.39 Å². The number of hydrogen-bond acceptors (Lipinski definition) is 5. The molecule has 0 bridgehead atoms. The molecule has 2 rings (SSSR count). The number of amides is 1. The molecule has 28 heavy (non-hydrogen) atoms. The van der Waals surface area contributed by atoms with Crippen molar-refractivity contribution in [1.82, 2.24) is 5.32 Å². The Labute approximate surface area is 162 Å². The molecule has 0 fully saturated rings. The van der Waals surface area contributed by atoms with E-state index < -0.39 is 36.1 Å². The van der Waals surface area contributed by atoms with Crippen LogP contribution in [0.5, 0.6) is 5.75 Å². The highest BCUT2D eigenvalue weighted by Gasteiger charge is 2.18. The first-order valence-corrected chi connectivity index (χ1v) is 8.47. The molecule has 6 nitrogen and oxygen atoms in total. The lowest BCUT2D eigenvalue weighted by molar-refractivity contribution is -0.145. The maximum atomic E-state index is 13.6. The third-order valence-electron chi connectivity index (χ3n) is 3.76. The number of Topliss-reactive ketones (excluding diaryl/α,β-unsaturated/α-hetero) is 1. The summed E-state index contributed by atoms with van der Waals surface area (Å²) in [6, 6.07) is 11.9. The van der Waals surface area contributed by atoms with Crippen LogP contribution in [0, 0.1) is 5.82 Å². The summed E-state index contributed by atoms with van der Waals surface area (Å²) in [5.41, 5.74) is 0.888. The minimum Gasteiger partial charge on any atom is -0.494 e. The van der Waals surface area contributed by atoms with Crippen molar-refractivity contribution in [3.63, 3.8) is 0 Å². The third-order valence-corrected chi connectivity index (χ3v) is 3.76. The maximum Gasteiger partial charge on any atom is 0.328 e. The van der Waals surface area contributed by atoms with Gasteiger partial charge in [0.15, 0.2) is 24.0 Å². The van der Waals surface area contributed by atoms with Crippen molar-refractivity contribution in [1.29, 1.82) is 0 Å². The van der Waals surface area contributed by atoms with Gasteiger partial charge in [-0.15, -0.1) is 0 Å². The molecule has 2 aromatic carbocycles. The Kier molecular flexibility index (Phi) is 7.45. The molecular formula is C21H20FNO5. The number of ketones is 1. The number of halogens is 1. The van der Waals surface area contributed by atoms with E-state index in [-0.39, 0.29) is 11.3 Å². The van der Waals surface area contributed by atoms with Gasteiger partial charge < -0.3 is 14.8 Å². The molecule has 0 unspecified atom stereocenters. The van der Waals surface area contributed by atoms with Crippen molar-refractivity contribution in [2.75, 3.05) is 13.7 Å². The van der Waals surface area contributed by atoms with Crippen molar-refractivity contribution in [3.8, 4) is 5.75 Å². The van der Waals surface area contributed by atoms with Crippen LogP contribution < -0.4 is 10.1 Å². The minimum atomic E-state index is -0.951. The van der Waals surface area contributed by atoms with Gasteiger partial charge in [0.25, 0.3) is 0 Å². The van der Waals surface area contributed by atoms with E-state index in [2.05, 4.69) is 5.32 Å². The van der Waals surface area contributed by atoms with Crippen molar-refractivity contribution in [2.45, 2.75) is 13.0 Å². The lowest BCUT2D eigenvalue weighted by Crippen LogP contribution is -2.39. The smallest absolute Gasteiger partial charge is 0.328 e. The molecule has 0 aliphatic rings. The van der Waals surface area contributed by atoms with Gasteiger partial charge in [-0.25, -0.2) is 9.18 Å². The molecule has 7 heteroatoms. The van der Waals surface area contributed by atoms with Gasteiger partial charge in [0.2, 0.25) is 5.91 Å². The second-order valence-corrected chi connectivity index (χ2v) is 5.85. The average Bonchev–Trinajstić information content (AvgIpc) is 2.70. The van der Waals surface area contributed by atoms with Crippen molar-refractivity contribution in [3.05, 3.63) is 71.6 Å². The number of nitrogens with one attached hydrogen (secondary N) is 1. The maximum absolute atomic E-state index is 13.6. The number of hydrogen-bond donors (Lipinski definition) is 1. The second kappa shape index (κ2) is 10.0. The summed E-state index contributed by atoms with van der Waals surface area (Å²) in [7, 11) is 1.31. The molecule has 0 heterocycles. The molecule has 0 aromatic heterocycles. The number of esters is 1. The summed E-state index contributed by atoms with van der Waals surface area (Å²) in [4.78, 5) is 35.8. The molecule has 1 atom stereocenters. The summed E-state index contributed by atoms with van der Waals surface area (Å²) < 4.78 is 23.3. The Morgan fingerprint density at radius 2 is 1.86 bits per heavy atom. The normalized spacial score (nSPS) is 11.7. The Morgan fingerprint density at radius 1 is 1.14 bits per heavy atom. The second-order valence-electron chi connectivity index (χ2n) is 5.85. The van der Waals surface area contributed by atoms with Crippen LogP contribution in [0.25, 0.3) is 6.08 Å². The van der Waals surface area contributed by atoms with Crippen molar-refractivity contribution < 1.29 is 28.2 Å². The zero-order valence-corrected chi connectivity index (χ0v) is 15.5. The minimum absolute atomic E-state index is 0.00781. The van der Waals surface area contributed by atoms with Gasteiger partial charge in [-0.2, -0.15) is 0 Å². The lowest BCUT2D eigenvalue weighted by Gasteiger charge is -2.12. The van der Waals surface area contributed by atoms with Gasteiger partial charge in [-0.1, -0.05) is 30.3 Å². The van der Waals surface area contributed by atoms with E-state index in [0.717, 1.165) is 11.6 Å². The number of rotatable bonds is 8. The number of carbonyl (C=O) groups excluding carboxylic acids is 3. The van der Waals surface area contributed by atoms with Crippen LogP contribution in [0.15, 0.2) is 54.6 Å². The predicted molar refractivity (Wildman–Crippen MR) is 101 cm³/mol. The molecule has 0 spiro atoms. The van der Waals surface area contributed by atoms with E-state index in [9.17, 15) is 18.8 Å². The molecule has 0 aliphatic carbocycles. The Bertz CT molecular complexity index is 880. The summed E-state index contributed by atoms with van der Waals surface area (Å²) >= 11 is 0. The van der Waals surface area contributed by atoms with Gasteiger partial charge in [0, 0.05) is 11.6 Å². The molecule has 0 radical (unpaired) electrons. The first kappa shape index (κ1) is 20.8. The molecule has 0 saturated heterocycles. The van der Waals surface area contributed by atoms with Gasteiger partial charge in [0.1, 0.15) is 6.04 Å². The van der Waals surface area contributed by atoms with E-state index in [4.69, 9.17) is 9.47 Å². The molecule has 2 aromatic rings. The Morgan fingerprint density at radius 3 is 2.50 bits per heavy atom. The van der Waals surface area contributed by atoms with Crippen molar-refractivity contribution in [2.24, 2.45) is 0 Å². The standard InChI is InChI=1S/C21H20FNO5/c1-14(23-20(25)11-8-15-6-4-3-5-7-15)21(26)28-13-18(24)16-9-10-19(27-2)17(22)12-16/h3-12,14H,13H2,1-2H3,(H,23,25)/b11-8+/t14-/m0/s1. The predicted octanol–water partition coefficient (Wildman–Crippen LogP) is 2.78. The van der Waals surface area contributed by atoms with Crippen LogP contribution in [-0.2, 0) is 14.3 Å². The SMILES string of the molecule is COc1ccc(C(=O)COC(=O)[C@H](C)NC(=O)/C=C/c2ccccc2)cc1F. The first-order valence-electron chi connectivity index (χ1n) is 8.47. The van der Waals surface area contributed by atoms with Gasteiger partial charge in [-0.3, -0.25) is 9.59 Å². The number of benzene rings is 2. The highest BCUT2D eigenvalue weighted by molar-refractivity contribution is 5.99. The van der Waals surface area contributed by atoms with Crippen LogP contribution >= 0.6 is 0 Å². The molecule has 146 valence electrons. The van der Waals surface area contributed by atoms with Gasteiger partial charge in [0.05, 0.1) is 7.11 Å². The highest BCUT2D eigenvalue weighted by Crippen LogP contribution is 2.18. The van der Waals surface area contributed by atoms with Crippen LogP contribution in [0.1, 0.15) is 22.8 Å². The summed E-state index contributed by atoms with van der Waals surface area (Å²) in [5, 5.41) is 2.45. The van der Waals surface area contributed by atoms with E-state index in [1.54, 1.807) is 6.08 Å². The summed E-state index contributed by atoms with van der Waals surface area (Å²) in [6.07, 6.45) is 2.90. The average molecular weight is 385 g/mol. The largest absolute Gasteiger partial charge is 0.494 e. The van der Waals surface area contributed by atoms with E-state index >= 15 is 0 Å². The topological polar surface area (TPSA) is 81.7 Å². The summed E-state index contributed by atoms with van der Waals surface area (Å²) in [5.74, 6) is -2.50. The zero-order chi connectivity index (χ0) is 20.5. The fourth-order valence-corrected chi connectivity index (χ4v) is 2.24. The van der Waals surface area contributed by atoms with Crippen LogP contribution in [0.3, 0.4) is 0 Å². The zero-order valence-electron chi connectivity index (χ0n) is 15.5. The number of ether oxygens (including phenoxy) is 2. The fraction of sp³-hybridized carbons (Fsp3) is 0.190. The van der Waals surface area contributed by atoms with E-state index in [1.807, 2.05) is 30.3 Å². The Hall–Kier alpha value is -3.48. The van der Waals surface area contributed by atoms with Crippen LogP contribution in [-0.4, -0.2) is 37.4 Å². The van der Waals surface area contributed by atoms with Crippen molar-refractivity contribution >= 4 is 23.7 Å². The Balaban J connectivity index is 1.83. The molecule has 0 saturated carbocycles. The molecule has 0 aliphatic heterocycles. The van der Waals surface area contributed by atoms with Crippen LogP contribution in [0.2, 0.25) is 0 Å². The third kappa shape index (κ3) is 6.05. The summed E-state index contributed by atoms with van der Waals surface area (Å²) in [6.45, 7) is 0.874.